The molecule has 3 aromatic rings. The smallest absolute Gasteiger partial charge is 0.224 e. The highest BCUT2D eigenvalue weighted by molar-refractivity contribution is 7.08. The average Bonchev–Trinajstić information content (AvgIpc) is 2.98. The Hall–Kier alpha value is -2.05. The summed E-state index contributed by atoms with van der Waals surface area (Å²) in [5, 5.41) is 4.79. The summed E-state index contributed by atoms with van der Waals surface area (Å²) in [4.78, 5) is 8.28. The van der Waals surface area contributed by atoms with E-state index in [-0.39, 0.29) is 5.28 Å². The van der Waals surface area contributed by atoms with E-state index in [1.54, 1.807) is 31.6 Å². The molecule has 0 aliphatic carbocycles. The number of nitrogens with zero attached hydrogens (tertiary/aromatic N) is 2. The summed E-state index contributed by atoms with van der Waals surface area (Å²) < 4.78 is 10.9. The van der Waals surface area contributed by atoms with Crippen LogP contribution in [-0.4, -0.2) is 24.2 Å². The van der Waals surface area contributed by atoms with Gasteiger partial charge in [0.05, 0.1) is 25.1 Å². The first kappa shape index (κ1) is 13.9. The van der Waals surface area contributed by atoms with Crippen LogP contribution in [0.1, 0.15) is 0 Å². The molecule has 0 aliphatic rings. The van der Waals surface area contributed by atoms with Gasteiger partial charge in [-0.05, 0) is 34.0 Å². The molecule has 0 saturated heterocycles. The summed E-state index contributed by atoms with van der Waals surface area (Å²) in [6.45, 7) is 0. The maximum absolute atomic E-state index is 6.05. The van der Waals surface area contributed by atoms with E-state index >= 15 is 0 Å². The molecule has 21 heavy (non-hydrogen) atoms. The molecule has 0 unspecified atom stereocenters. The Morgan fingerprint density at radius 2 is 2.05 bits per heavy atom. The molecule has 108 valence electrons. The van der Waals surface area contributed by atoms with Crippen molar-refractivity contribution < 1.29 is 9.47 Å². The van der Waals surface area contributed by atoms with E-state index in [2.05, 4.69) is 9.97 Å². The zero-order chi connectivity index (χ0) is 15.0. The molecule has 0 bridgehead atoms. The number of halogens is 1. The molecule has 2 heterocycles. The third-order valence-electron chi connectivity index (χ3n) is 3.14. The van der Waals surface area contributed by atoms with Crippen LogP contribution in [0.5, 0.6) is 11.5 Å². The second-order valence-corrected chi connectivity index (χ2v) is 5.39. The second kappa shape index (κ2) is 5.38. The summed E-state index contributed by atoms with van der Waals surface area (Å²) in [6.07, 6.45) is 0. The molecule has 0 spiro atoms. The van der Waals surface area contributed by atoms with Gasteiger partial charge in [0.25, 0.3) is 0 Å². The maximum Gasteiger partial charge on any atom is 0.224 e. The number of nitrogens with two attached hydrogens (primary N) is 1. The number of rotatable bonds is 3. The quantitative estimate of drug-likeness (QED) is 0.746. The van der Waals surface area contributed by atoms with Gasteiger partial charge in [-0.1, -0.05) is 0 Å². The van der Waals surface area contributed by atoms with Gasteiger partial charge in [-0.2, -0.15) is 11.3 Å². The number of fused-ring (bicyclic) bond motifs is 1. The van der Waals surface area contributed by atoms with Gasteiger partial charge in [-0.25, -0.2) is 9.97 Å². The highest BCUT2D eigenvalue weighted by Gasteiger charge is 2.20. The largest absolute Gasteiger partial charge is 0.493 e. The molecule has 0 amide bonds. The standard InChI is InChI=1S/C14H12ClN3O2S/c1-19-9-5-8-11(13(16)18-14(15)17-8)10(12(9)20-2)7-3-4-21-6-7/h3-6H,1-2H3,(H2,16,17,18). The molecular weight excluding hydrogens is 310 g/mol. The molecule has 0 saturated carbocycles. The molecule has 7 heteroatoms. The van der Waals surface area contributed by atoms with Gasteiger partial charge in [-0.15, -0.1) is 0 Å². The van der Waals surface area contributed by atoms with Crippen molar-refractivity contribution in [2.45, 2.75) is 0 Å². The van der Waals surface area contributed by atoms with Crippen molar-refractivity contribution in [3.05, 3.63) is 28.2 Å². The number of benzene rings is 1. The van der Waals surface area contributed by atoms with Crippen molar-refractivity contribution in [3.63, 3.8) is 0 Å². The molecule has 3 rings (SSSR count). The van der Waals surface area contributed by atoms with E-state index in [1.165, 1.54) is 0 Å². The van der Waals surface area contributed by atoms with Crippen LogP contribution in [0.2, 0.25) is 5.28 Å². The SMILES string of the molecule is COc1cc2nc(Cl)nc(N)c2c(-c2ccsc2)c1OC. The number of nitrogen functional groups attached to an aromatic ring is 1. The van der Waals surface area contributed by atoms with Gasteiger partial charge < -0.3 is 15.2 Å². The number of thiophene rings is 1. The van der Waals surface area contributed by atoms with Crippen molar-refractivity contribution in [1.29, 1.82) is 0 Å². The molecule has 0 radical (unpaired) electrons. The van der Waals surface area contributed by atoms with E-state index in [9.17, 15) is 0 Å². The number of aromatic nitrogens is 2. The van der Waals surface area contributed by atoms with Gasteiger partial charge in [0.2, 0.25) is 5.28 Å². The van der Waals surface area contributed by atoms with E-state index < -0.39 is 0 Å². The minimum Gasteiger partial charge on any atom is -0.493 e. The zero-order valence-corrected chi connectivity index (χ0v) is 13.0. The molecule has 5 nitrogen and oxygen atoms in total. The number of ether oxygens (including phenoxy) is 2. The molecule has 2 N–H and O–H groups in total. The number of hydrogen-bond donors (Lipinski definition) is 1. The fraction of sp³-hybridized carbons (Fsp3) is 0.143. The van der Waals surface area contributed by atoms with Crippen molar-refractivity contribution in [2.24, 2.45) is 0 Å². The zero-order valence-electron chi connectivity index (χ0n) is 11.4. The van der Waals surface area contributed by atoms with E-state index in [1.807, 2.05) is 16.8 Å². The minimum absolute atomic E-state index is 0.100. The van der Waals surface area contributed by atoms with Gasteiger partial charge in [-0.3, -0.25) is 0 Å². The van der Waals surface area contributed by atoms with Gasteiger partial charge in [0, 0.05) is 11.6 Å². The summed E-state index contributed by atoms with van der Waals surface area (Å²) in [5.74, 6) is 1.48. The van der Waals surface area contributed by atoms with Gasteiger partial charge >= 0.3 is 0 Å². The van der Waals surface area contributed by atoms with Crippen molar-refractivity contribution in [1.82, 2.24) is 9.97 Å². The lowest BCUT2D eigenvalue weighted by molar-refractivity contribution is 0.357. The van der Waals surface area contributed by atoms with Crippen LogP contribution < -0.4 is 15.2 Å². The van der Waals surface area contributed by atoms with Crippen molar-refractivity contribution >= 4 is 39.7 Å². The van der Waals surface area contributed by atoms with Crippen LogP contribution in [0.3, 0.4) is 0 Å². The predicted molar refractivity (Wildman–Crippen MR) is 85.4 cm³/mol. The molecule has 0 atom stereocenters. The average molecular weight is 322 g/mol. The van der Waals surface area contributed by atoms with E-state index in [0.29, 0.717) is 28.2 Å². The van der Waals surface area contributed by atoms with Crippen LogP contribution >= 0.6 is 22.9 Å². The fourth-order valence-electron chi connectivity index (χ4n) is 2.29. The third kappa shape index (κ3) is 2.26. The lowest BCUT2D eigenvalue weighted by Crippen LogP contribution is -2.00. The third-order valence-corrected chi connectivity index (χ3v) is 3.99. The lowest BCUT2D eigenvalue weighted by atomic mass is 10.0. The van der Waals surface area contributed by atoms with Crippen LogP contribution in [0.4, 0.5) is 5.82 Å². The molecule has 0 aliphatic heterocycles. The number of hydrogen-bond acceptors (Lipinski definition) is 6. The Labute approximate surface area is 130 Å². The van der Waals surface area contributed by atoms with Crippen LogP contribution in [0.15, 0.2) is 22.9 Å². The summed E-state index contributed by atoms with van der Waals surface area (Å²) in [7, 11) is 3.17. The first-order valence-electron chi connectivity index (χ1n) is 6.06. The normalized spacial score (nSPS) is 10.8. The van der Waals surface area contributed by atoms with Crippen molar-refractivity contribution in [3.8, 4) is 22.6 Å². The highest BCUT2D eigenvalue weighted by atomic mass is 35.5. The van der Waals surface area contributed by atoms with Crippen LogP contribution in [0, 0.1) is 0 Å². The Morgan fingerprint density at radius 3 is 2.67 bits per heavy atom. The van der Waals surface area contributed by atoms with E-state index in [4.69, 9.17) is 26.8 Å². The maximum atomic E-state index is 6.05. The molecule has 0 fully saturated rings. The minimum atomic E-state index is 0.100. The Balaban J connectivity index is 2.50. The molecule has 1 aromatic carbocycles. The lowest BCUT2D eigenvalue weighted by Gasteiger charge is -2.15. The summed E-state index contributed by atoms with van der Waals surface area (Å²) in [6, 6.07) is 3.73. The summed E-state index contributed by atoms with van der Waals surface area (Å²) >= 11 is 7.48. The molecule has 2 aromatic heterocycles. The number of methoxy groups -OCH3 is 2. The molecular formula is C14H12ClN3O2S. The van der Waals surface area contributed by atoms with Crippen molar-refractivity contribution in [2.75, 3.05) is 20.0 Å². The Kier molecular flexibility index (Phi) is 3.57. The Bertz CT molecular complexity index is 806. The fourth-order valence-corrected chi connectivity index (χ4v) is 3.12. The second-order valence-electron chi connectivity index (χ2n) is 4.27. The van der Waals surface area contributed by atoms with Gasteiger partial charge in [0.15, 0.2) is 11.5 Å². The first-order chi connectivity index (χ1) is 10.2. The Morgan fingerprint density at radius 1 is 1.24 bits per heavy atom. The van der Waals surface area contributed by atoms with E-state index in [0.717, 1.165) is 11.1 Å². The van der Waals surface area contributed by atoms with Crippen LogP contribution in [-0.2, 0) is 0 Å². The summed E-state index contributed by atoms with van der Waals surface area (Å²) in [5.41, 5.74) is 8.45. The monoisotopic (exact) mass is 321 g/mol. The first-order valence-corrected chi connectivity index (χ1v) is 7.38. The van der Waals surface area contributed by atoms with Gasteiger partial charge in [0.1, 0.15) is 5.82 Å². The van der Waals surface area contributed by atoms with Crippen LogP contribution in [0.25, 0.3) is 22.0 Å². The predicted octanol–water partition coefficient (Wildman–Crippen LogP) is 3.61. The number of anilines is 1. The highest BCUT2D eigenvalue weighted by Crippen LogP contribution is 2.45. The topological polar surface area (TPSA) is 70.3 Å².